The highest BCUT2D eigenvalue weighted by Gasteiger charge is 2.13. The number of hydrogen-bond donors (Lipinski definition) is 1. The maximum absolute atomic E-state index is 9.73. The van der Waals surface area contributed by atoms with E-state index in [2.05, 4.69) is 92.6 Å². The minimum Gasteiger partial charge on any atom is -0.508 e. The predicted molar refractivity (Wildman–Crippen MR) is 138 cm³/mol. The summed E-state index contributed by atoms with van der Waals surface area (Å²) in [5.41, 5.74) is 6.59. The molecular weight excluding hydrogens is 390 g/mol. The normalized spacial score (nSPS) is 11.8. The summed E-state index contributed by atoms with van der Waals surface area (Å²) in [7, 11) is 4.20. The number of fused-ring (bicyclic) bond motifs is 1. The van der Waals surface area contributed by atoms with Gasteiger partial charge in [0.05, 0.1) is 0 Å². The minimum absolute atomic E-state index is 0.306. The summed E-state index contributed by atoms with van der Waals surface area (Å²) >= 11 is 0. The molecule has 1 atom stereocenters. The van der Waals surface area contributed by atoms with Crippen LogP contribution in [0.3, 0.4) is 0 Å². The highest BCUT2D eigenvalue weighted by molar-refractivity contribution is 5.88. The molecule has 0 aromatic heterocycles. The van der Waals surface area contributed by atoms with Crippen LogP contribution in [0.5, 0.6) is 5.75 Å². The Hall–Kier alpha value is -3.10. The van der Waals surface area contributed by atoms with E-state index < -0.39 is 0 Å². The lowest BCUT2D eigenvalue weighted by atomic mass is 9.87. The highest BCUT2D eigenvalue weighted by atomic mass is 16.3. The van der Waals surface area contributed by atoms with Gasteiger partial charge in [-0.2, -0.15) is 0 Å². The topological polar surface area (TPSA) is 23.5 Å². The van der Waals surface area contributed by atoms with Gasteiger partial charge < -0.3 is 10.0 Å². The SMILES string of the molecule is CC.CC(Cc1ccc(CN(C)C)cc1)c1ccccc1-c1ccc2cc(O)ccc2c1. The van der Waals surface area contributed by atoms with E-state index in [0.29, 0.717) is 11.7 Å². The fourth-order valence-electron chi connectivity index (χ4n) is 4.20. The molecule has 1 unspecified atom stereocenters. The van der Waals surface area contributed by atoms with Crippen molar-refractivity contribution in [3.05, 3.63) is 102 Å². The van der Waals surface area contributed by atoms with Gasteiger partial charge in [0.1, 0.15) is 5.75 Å². The van der Waals surface area contributed by atoms with Crippen LogP contribution in [0.4, 0.5) is 0 Å². The Morgan fingerprint density at radius 2 is 1.38 bits per heavy atom. The number of phenolic OH excluding ortho intramolecular Hbond substituents is 1. The molecule has 0 bridgehead atoms. The van der Waals surface area contributed by atoms with Crippen molar-refractivity contribution in [2.24, 2.45) is 0 Å². The number of aromatic hydroxyl groups is 1. The Balaban J connectivity index is 0.00000141. The molecule has 4 rings (SSSR count). The van der Waals surface area contributed by atoms with Crippen molar-refractivity contribution in [1.29, 1.82) is 0 Å². The van der Waals surface area contributed by atoms with Crippen LogP contribution in [0.2, 0.25) is 0 Å². The smallest absolute Gasteiger partial charge is 0.116 e. The molecule has 0 saturated carbocycles. The van der Waals surface area contributed by atoms with E-state index in [4.69, 9.17) is 0 Å². The van der Waals surface area contributed by atoms with Crippen LogP contribution in [0.1, 0.15) is 43.4 Å². The molecular formula is C30H35NO. The van der Waals surface area contributed by atoms with Crippen molar-refractivity contribution >= 4 is 10.8 Å². The average molecular weight is 426 g/mol. The van der Waals surface area contributed by atoms with E-state index in [0.717, 1.165) is 23.7 Å². The summed E-state index contributed by atoms with van der Waals surface area (Å²) in [6.45, 7) is 7.28. The van der Waals surface area contributed by atoms with E-state index in [-0.39, 0.29) is 0 Å². The second-order valence-corrected chi connectivity index (χ2v) is 8.49. The number of phenols is 1. The molecule has 0 amide bonds. The van der Waals surface area contributed by atoms with Crippen LogP contribution >= 0.6 is 0 Å². The zero-order chi connectivity index (χ0) is 23.1. The Morgan fingerprint density at radius 1 is 0.750 bits per heavy atom. The quantitative estimate of drug-likeness (QED) is 0.343. The number of rotatable bonds is 6. The van der Waals surface area contributed by atoms with Gasteiger partial charge in [-0.15, -0.1) is 0 Å². The highest BCUT2D eigenvalue weighted by Crippen LogP contribution is 2.33. The molecule has 4 aromatic carbocycles. The van der Waals surface area contributed by atoms with Gasteiger partial charge in [-0.1, -0.05) is 87.5 Å². The first-order valence-electron chi connectivity index (χ1n) is 11.5. The van der Waals surface area contributed by atoms with Crippen LogP contribution < -0.4 is 0 Å². The lowest BCUT2D eigenvalue weighted by Crippen LogP contribution is -2.10. The molecule has 0 spiro atoms. The first kappa shape index (κ1) is 23.6. The zero-order valence-corrected chi connectivity index (χ0v) is 20.0. The van der Waals surface area contributed by atoms with Gasteiger partial charge in [0.15, 0.2) is 0 Å². The third-order valence-electron chi connectivity index (χ3n) is 5.69. The third kappa shape index (κ3) is 5.77. The van der Waals surface area contributed by atoms with Crippen molar-refractivity contribution in [2.45, 2.75) is 39.7 Å². The fourth-order valence-corrected chi connectivity index (χ4v) is 4.20. The van der Waals surface area contributed by atoms with Crippen LogP contribution in [0.15, 0.2) is 84.9 Å². The third-order valence-corrected chi connectivity index (χ3v) is 5.69. The van der Waals surface area contributed by atoms with Gasteiger partial charge in [0.25, 0.3) is 0 Å². The molecule has 0 fully saturated rings. The molecule has 0 radical (unpaired) electrons. The van der Waals surface area contributed by atoms with Crippen molar-refractivity contribution in [3.63, 3.8) is 0 Å². The molecule has 0 aliphatic carbocycles. The Morgan fingerprint density at radius 3 is 2.09 bits per heavy atom. The molecule has 1 N–H and O–H groups in total. The van der Waals surface area contributed by atoms with Crippen molar-refractivity contribution in [3.8, 4) is 16.9 Å². The Bertz CT molecular complexity index is 1150. The summed E-state index contributed by atoms with van der Waals surface area (Å²) in [6, 6.07) is 29.7. The molecule has 166 valence electrons. The number of nitrogens with zero attached hydrogens (tertiary/aromatic N) is 1. The van der Waals surface area contributed by atoms with E-state index >= 15 is 0 Å². The summed E-state index contributed by atoms with van der Waals surface area (Å²) in [6.07, 6.45) is 1.01. The van der Waals surface area contributed by atoms with E-state index in [1.54, 1.807) is 6.07 Å². The molecule has 0 aliphatic rings. The van der Waals surface area contributed by atoms with Crippen LogP contribution in [-0.2, 0) is 13.0 Å². The van der Waals surface area contributed by atoms with Gasteiger partial charge in [0, 0.05) is 6.54 Å². The summed E-state index contributed by atoms with van der Waals surface area (Å²) in [5.74, 6) is 0.720. The minimum atomic E-state index is 0.306. The summed E-state index contributed by atoms with van der Waals surface area (Å²) < 4.78 is 0. The van der Waals surface area contributed by atoms with Crippen molar-refractivity contribution < 1.29 is 5.11 Å². The molecule has 0 saturated heterocycles. The van der Waals surface area contributed by atoms with Gasteiger partial charge in [-0.25, -0.2) is 0 Å². The second-order valence-electron chi connectivity index (χ2n) is 8.49. The molecule has 4 aromatic rings. The van der Waals surface area contributed by atoms with Gasteiger partial charge in [-0.3, -0.25) is 0 Å². The maximum Gasteiger partial charge on any atom is 0.116 e. The largest absolute Gasteiger partial charge is 0.508 e. The fraction of sp³-hybridized carbons (Fsp3) is 0.267. The molecule has 32 heavy (non-hydrogen) atoms. The first-order chi connectivity index (χ1) is 15.5. The zero-order valence-electron chi connectivity index (χ0n) is 20.0. The van der Waals surface area contributed by atoms with Crippen LogP contribution in [0.25, 0.3) is 21.9 Å². The lowest BCUT2D eigenvalue weighted by Gasteiger charge is -2.18. The lowest BCUT2D eigenvalue weighted by molar-refractivity contribution is 0.402. The number of hydrogen-bond acceptors (Lipinski definition) is 2. The molecule has 0 aliphatic heterocycles. The van der Waals surface area contributed by atoms with Gasteiger partial charge in [0.2, 0.25) is 0 Å². The van der Waals surface area contributed by atoms with Crippen molar-refractivity contribution in [2.75, 3.05) is 14.1 Å². The Kier molecular flexibility index (Phi) is 8.08. The summed E-state index contributed by atoms with van der Waals surface area (Å²) in [5, 5.41) is 11.9. The number of benzene rings is 4. The van der Waals surface area contributed by atoms with Crippen LogP contribution in [-0.4, -0.2) is 24.1 Å². The van der Waals surface area contributed by atoms with Crippen LogP contribution in [0, 0.1) is 0 Å². The van der Waals surface area contributed by atoms with Crippen molar-refractivity contribution in [1.82, 2.24) is 4.90 Å². The van der Waals surface area contributed by atoms with Gasteiger partial charge in [-0.05, 0) is 83.2 Å². The predicted octanol–water partition coefficient (Wildman–Crippen LogP) is 7.65. The van der Waals surface area contributed by atoms with E-state index in [1.165, 1.54) is 27.8 Å². The van der Waals surface area contributed by atoms with E-state index in [1.807, 2.05) is 26.0 Å². The Labute approximate surface area is 193 Å². The second kappa shape index (κ2) is 11.0. The standard InChI is InChI=1S/C28H29NO.C2H6/c1-20(16-21-8-10-22(11-9-21)19-29(2)3)27-6-4-5-7-28(27)25-13-12-24-18-26(30)15-14-23(24)17-25;1-2/h4-15,17-18,20,30H,16,19H2,1-3H3;1-2H3. The first-order valence-corrected chi connectivity index (χ1v) is 11.5. The average Bonchev–Trinajstić information content (AvgIpc) is 2.81. The van der Waals surface area contributed by atoms with Gasteiger partial charge >= 0.3 is 0 Å². The molecule has 2 nitrogen and oxygen atoms in total. The molecule has 2 heteroatoms. The monoisotopic (exact) mass is 425 g/mol. The molecule has 0 heterocycles. The van der Waals surface area contributed by atoms with E-state index in [9.17, 15) is 5.11 Å². The summed E-state index contributed by atoms with van der Waals surface area (Å²) in [4.78, 5) is 2.19. The maximum atomic E-state index is 9.73.